The molecule has 0 N–H and O–H groups in total. The third-order valence-electron chi connectivity index (χ3n) is 2.45. The highest BCUT2D eigenvalue weighted by molar-refractivity contribution is 9.10. The monoisotopic (exact) mass is 364 g/mol. The van der Waals surface area contributed by atoms with Crippen molar-refractivity contribution < 1.29 is 4.74 Å². The number of halogens is 3. The quantitative estimate of drug-likeness (QED) is 0.623. The molecule has 0 unspecified atom stereocenters. The van der Waals surface area contributed by atoms with Crippen LogP contribution in [0.4, 0.5) is 0 Å². The molecule has 0 bridgehead atoms. The third kappa shape index (κ3) is 3.41. The van der Waals surface area contributed by atoms with Gasteiger partial charge in [0.1, 0.15) is 12.4 Å². The zero-order chi connectivity index (χ0) is 13.1. The van der Waals surface area contributed by atoms with Crippen molar-refractivity contribution in [3.05, 3.63) is 49.1 Å². The minimum atomic E-state index is 0.431. The minimum absolute atomic E-state index is 0.431. The van der Waals surface area contributed by atoms with Crippen molar-refractivity contribution in [2.45, 2.75) is 19.4 Å². The summed E-state index contributed by atoms with van der Waals surface area (Å²) in [5.74, 6) is 1.29. The van der Waals surface area contributed by atoms with Gasteiger partial charge in [-0.2, -0.15) is 0 Å². The lowest BCUT2D eigenvalue weighted by molar-refractivity contribution is 0.305. The van der Waals surface area contributed by atoms with E-state index in [2.05, 4.69) is 15.9 Å². The Kier molecular flexibility index (Phi) is 4.96. The molecule has 0 amide bonds. The molecule has 18 heavy (non-hydrogen) atoms. The molecular weight excluding hydrogens is 355 g/mol. The first-order valence-electron chi connectivity index (χ1n) is 5.32. The lowest BCUT2D eigenvalue weighted by Gasteiger charge is -2.13. The Morgan fingerprint density at radius 1 is 1.33 bits per heavy atom. The Hall–Kier alpha value is -0.220. The van der Waals surface area contributed by atoms with Gasteiger partial charge in [-0.05, 0) is 36.8 Å². The molecule has 0 spiro atoms. The molecule has 0 aliphatic heterocycles. The number of alkyl halides is 1. The summed E-state index contributed by atoms with van der Waals surface area (Å²) >= 11 is 16.8. The standard InChI is InChI=1S/C13H11BrCl2OS/c1-8-4-10(14)5-9(6-15)13(8)17-7-11-2-3-12(16)18-11/h2-5H,6-7H2,1H3. The van der Waals surface area contributed by atoms with Crippen molar-refractivity contribution in [2.24, 2.45) is 0 Å². The predicted molar refractivity (Wildman–Crippen MR) is 82.1 cm³/mol. The van der Waals surface area contributed by atoms with E-state index in [1.165, 1.54) is 11.3 Å². The minimum Gasteiger partial charge on any atom is -0.487 e. The Morgan fingerprint density at radius 3 is 2.72 bits per heavy atom. The van der Waals surface area contributed by atoms with Crippen LogP contribution in [-0.4, -0.2) is 0 Å². The molecule has 0 aliphatic rings. The molecule has 2 aromatic rings. The molecule has 1 aromatic carbocycles. The van der Waals surface area contributed by atoms with Crippen molar-refractivity contribution in [2.75, 3.05) is 0 Å². The number of aryl methyl sites for hydroxylation is 1. The fourth-order valence-electron chi connectivity index (χ4n) is 1.68. The topological polar surface area (TPSA) is 9.23 Å². The average molecular weight is 366 g/mol. The van der Waals surface area contributed by atoms with Gasteiger partial charge in [0.2, 0.25) is 0 Å². The first-order valence-corrected chi connectivity index (χ1v) is 7.84. The number of rotatable bonds is 4. The molecule has 0 saturated heterocycles. The lowest BCUT2D eigenvalue weighted by atomic mass is 10.1. The molecule has 5 heteroatoms. The predicted octanol–water partition coefficient (Wildman–Crippen LogP) is 5.79. The number of ether oxygens (including phenoxy) is 1. The van der Waals surface area contributed by atoms with Crippen LogP contribution in [0.1, 0.15) is 16.0 Å². The molecule has 1 aromatic heterocycles. The van der Waals surface area contributed by atoms with Gasteiger partial charge in [0.25, 0.3) is 0 Å². The van der Waals surface area contributed by atoms with Crippen LogP contribution >= 0.6 is 50.5 Å². The highest BCUT2D eigenvalue weighted by Crippen LogP contribution is 2.31. The summed E-state index contributed by atoms with van der Waals surface area (Å²) in [5, 5.41) is 0. The van der Waals surface area contributed by atoms with Crippen LogP contribution in [0, 0.1) is 6.92 Å². The molecule has 2 rings (SSSR count). The van der Waals surface area contributed by atoms with E-state index in [0.717, 1.165) is 30.6 Å². The van der Waals surface area contributed by atoms with Gasteiger partial charge in [-0.15, -0.1) is 22.9 Å². The Labute approximate surface area is 129 Å². The second-order valence-electron chi connectivity index (χ2n) is 3.84. The van der Waals surface area contributed by atoms with E-state index in [4.69, 9.17) is 27.9 Å². The summed E-state index contributed by atoms with van der Waals surface area (Å²) in [5.41, 5.74) is 2.06. The van der Waals surface area contributed by atoms with Crippen molar-refractivity contribution in [3.63, 3.8) is 0 Å². The number of benzene rings is 1. The number of hydrogen-bond donors (Lipinski definition) is 0. The molecule has 0 fully saturated rings. The van der Waals surface area contributed by atoms with Crippen LogP contribution in [0.3, 0.4) is 0 Å². The maximum Gasteiger partial charge on any atom is 0.127 e. The average Bonchev–Trinajstić information content (AvgIpc) is 2.73. The van der Waals surface area contributed by atoms with Crippen LogP contribution in [0.2, 0.25) is 4.34 Å². The Morgan fingerprint density at radius 2 is 2.11 bits per heavy atom. The van der Waals surface area contributed by atoms with E-state index in [9.17, 15) is 0 Å². The molecule has 1 nitrogen and oxygen atoms in total. The summed E-state index contributed by atoms with van der Waals surface area (Å²) in [6.45, 7) is 2.53. The molecule has 96 valence electrons. The van der Waals surface area contributed by atoms with Crippen LogP contribution in [0.5, 0.6) is 5.75 Å². The second-order valence-corrected chi connectivity index (χ2v) is 6.82. The van der Waals surface area contributed by atoms with Gasteiger partial charge >= 0.3 is 0 Å². The van der Waals surface area contributed by atoms with Gasteiger partial charge in [0.15, 0.2) is 0 Å². The highest BCUT2D eigenvalue weighted by atomic mass is 79.9. The lowest BCUT2D eigenvalue weighted by Crippen LogP contribution is -1.98. The summed E-state index contributed by atoms with van der Waals surface area (Å²) in [7, 11) is 0. The van der Waals surface area contributed by atoms with E-state index < -0.39 is 0 Å². The van der Waals surface area contributed by atoms with Crippen molar-refractivity contribution in [3.8, 4) is 5.75 Å². The second kappa shape index (κ2) is 6.29. The number of thiophene rings is 1. The van der Waals surface area contributed by atoms with Crippen molar-refractivity contribution in [1.82, 2.24) is 0 Å². The molecule has 0 radical (unpaired) electrons. The normalized spacial score (nSPS) is 10.7. The van der Waals surface area contributed by atoms with Gasteiger partial charge in [-0.25, -0.2) is 0 Å². The van der Waals surface area contributed by atoms with Crippen LogP contribution in [-0.2, 0) is 12.5 Å². The van der Waals surface area contributed by atoms with E-state index >= 15 is 0 Å². The zero-order valence-corrected chi connectivity index (χ0v) is 13.6. The summed E-state index contributed by atoms with van der Waals surface area (Å²) < 4.78 is 7.65. The van der Waals surface area contributed by atoms with Crippen molar-refractivity contribution in [1.29, 1.82) is 0 Å². The first kappa shape index (κ1) is 14.2. The van der Waals surface area contributed by atoms with Gasteiger partial charge in [-0.1, -0.05) is 27.5 Å². The molecule has 0 aliphatic carbocycles. The molecular formula is C13H11BrCl2OS. The molecule has 1 heterocycles. The Bertz CT molecular complexity index is 554. The largest absolute Gasteiger partial charge is 0.487 e. The van der Waals surface area contributed by atoms with Crippen LogP contribution in [0.15, 0.2) is 28.7 Å². The van der Waals surface area contributed by atoms with Crippen molar-refractivity contribution >= 4 is 50.5 Å². The smallest absolute Gasteiger partial charge is 0.127 e. The maximum atomic E-state index is 5.94. The van der Waals surface area contributed by atoms with E-state index in [-0.39, 0.29) is 0 Å². The van der Waals surface area contributed by atoms with E-state index in [0.29, 0.717) is 12.5 Å². The van der Waals surface area contributed by atoms with E-state index in [1.807, 2.05) is 31.2 Å². The van der Waals surface area contributed by atoms with Gasteiger partial charge < -0.3 is 4.74 Å². The summed E-state index contributed by atoms with van der Waals surface area (Å²) in [6, 6.07) is 7.85. The fourth-order valence-corrected chi connectivity index (χ4v) is 3.50. The van der Waals surface area contributed by atoms with E-state index in [1.54, 1.807) is 0 Å². The van der Waals surface area contributed by atoms with Gasteiger partial charge in [0, 0.05) is 14.9 Å². The Balaban J connectivity index is 2.18. The van der Waals surface area contributed by atoms with Crippen LogP contribution < -0.4 is 4.74 Å². The summed E-state index contributed by atoms with van der Waals surface area (Å²) in [4.78, 5) is 1.10. The SMILES string of the molecule is Cc1cc(Br)cc(CCl)c1OCc1ccc(Cl)s1. The first-order chi connectivity index (χ1) is 8.60. The maximum absolute atomic E-state index is 5.94. The molecule has 0 saturated carbocycles. The third-order valence-corrected chi connectivity index (χ3v) is 4.40. The summed E-state index contributed by atoms with van der Waals surface area (Å²) in [6.07, 6.45) is 0. The highest BCUT2D eigenvalue weighted by Gasteiger charge is 2.09. The van der Waals surface area contributed by atoms with Crippen LogP contribution in [0.25, 0.3) is 0 Å². The number of hydrogen-bond acceptors (Lipinski definition) is 2. The van der Waals surface area contributed by atoms with Gasteiger partial charge in [0.05, 0.1) is 10.2 Å². The van der Waals surface area contributed by atoms with Gasteiger partial charge in [-0.3, -0.25) is 0 Å². The molecule has 0 atom stereocenters. The zero-order valence-electron chi connectivity index (χ0n) is 9.67. The fraction of sp³-hybridized carbons (Fsp3) is 0.231.